The molecule has 1 aromatic heterocycles. The van der Waals surface area contributed by atoms with Crippen LogP contribution in [0.5, 0.6) is 0 Å². The number of carbonyl (C=O) groups is 1. The van der Waals surface area contributed by atoms with Crippen LogP contribution in [-0.2, 0) is 9.53 Å². The van der Waals surface area contributed by atoms with E-state index in [2.05, 4.69) is 15.2 Å². The molecule has 0 saturated carbocycles. The first kappa shape index (κ1) is 15.0. The van der Waals surface area contributed by atoms with Crippen molar-refractivity contribution < 1.29 is 9.53 Å². The molecule has 3 rings (SSSR count). The van der Waals surface area contributed by atoms with Gasteiger partial charge in [-0.25, -0.2) is 4.98 Å². The molecule has 3 N–H and O–H groups in total. The zero-order valence-corrected chi connectivity index (χ0v) is 12.9. The summed E-state index contributed by atoms with van der Waals surface area (Å²) in [6.45, 7) is 3.34. The minimum Gasteiger partial charge on any atom is -0.399 e. The van der Waals surface area contributed by atoms with Gasteiger partial charge in [-0.1, -0.05) is 12.1 Å². The Labute approximate surface area is 132 Å². The SMILES string of the molecule is Nc1ccc(-c2csc(NC(=O)CN3CCOCC3)n2)cc1. The predicted octanol–water partition coefficient (Wildman–Crippen LogP) is 1.66. The number of benzene rings is 1. The molecule has 7 heteroatoms. The van der Waals surface area contributed by atoms with Gasteiger partial charge in [0.1, 0.15) is 0 Å². The van der Waals surface area contributed by atoms with Crippen molar-refractivity contribution in [3.63, 3.8) is 0 Å². The normalized spacial score (nSPS) is 15.6. The molecule has 1 fully saturated rings. The molecule has 116 valence electrons. The average Bonchev–Trinajstić information content (AvgIpc) is 2.97. The standard InChI is InChI=1S/C15H18N4O2S/c16-12-3-1-11(2-4-12)13-10-22-15(17-13)18-14(20)9-19-5-7-21-8-6-19/h1-4,10H,5-9,16H2,(H,17,18,20). The molecule has 2 aromatic rings. The number of rotatable bonds is 4. The predicted molar refractivity (Wildman–Crippen MR) is 87.9 cm³/mol. The van der Waals surface area contributed by atoms with Crippen molar-refractivity contribution in [2.75, 3.05) is 43.9 Å². The van der Waals surface area contributed by atoms with Crippen LogP contribution < -0.4 is 11.1 Å². The van der Waals surface area contributed by atoms with E-state index in [1.54, 1.807) is 0 Å². The molecule has 22 heavy (non-hydrogen) atoms. The van der Waals surface area contributed by atoms with Crippen molar-refractivity contribution >= 4 is 28.1 Å². The number of hydrogen-bond donors (Lipinski definition) is 2. The number of morpholine rings is 1. The Balaban J connectivity index is 1.59. The van der Waals surface area contributed by atoms with Crippen molar-refractivity contribution in [1.82, 2.24) is 9.88 Å². The van der Waals surface area contributed by atoms with Gasteiger partial charge < -0.3 is 15.8 Å². The van der Waals surface area contributed by atoms with Crippen LogP contribution in [-0.4, -0.2) is 48.6 Å². The van der Waals surface area contributed by atoms with Crippen LogP contribution in [0.25, 0.3) is 11.3 Å². The lowest BCUT2D eigenvalue weighted by Gasteiger charge is -2.25. The summed E-state index contributed by atoms with van der Waals surface area (Å²) in [6.07, 6.45) is 0. The molecular formula is C15H18N4O2S. The van der Waals surface area contributed by atoms with Crippen molar-refractivity contribution in [2.45, 2.75) is 0 Å². The average molecular weight is 318 g/mol. The van der Waals surface area contributed by atoms with Crippen molar-refractivity contribution in [2.24, 2.45) is 0 Å². The van der Waals surface area contributed by atoms with Crippen LogP contribution in [0.2, 0.25) is 0 Å². The molecule has 1 saturated heterocycles. The van der Waals surface area contributed by atoms with Gasteiger partial charge in [0.25, 0.3) is 0 Å². The zero-order valence-electron chi connectivity index (χ0n) is 12.1. The lowest BCUT2D eigenvalue weighted by atomic mass is 10.1. The van der Waals surface area contributed by atoms with Crippen molar-refractivity contribution in [3.05, 3.63) is 29.6 Å². The van der Waals surface area contributed by atoms with Gasteiger partial charge in [0.2, 0.25) is 5.91 Å². The number of hydrogen-bond acceptors (Lipinski definition) is 6. The van der Waals surface area contributed by atoms with Gasteiger partial charge in [-0.3, -0.25) is 9.69 Å². The summed E-state index contributed by atoms with van der Waals surface area (Å²) in [5.74, 6) is -0.0416. The summed E-state index contributed by atoms with van der Waals surface area (Å²) in [6, 6.07) is 7.52. The van der Waals surface area contributed by atoms with Crippen LogP contribution in [0.15, 0.2) is 29.6 Å². The van der Waals surface area contributed by atoms with Crippen LogP contribution in [0, 0.1) is 0 Å². The van der Waals surface area contributed by atoms with Crippen molar-refractivity contribution in [1.29, 1.82) is 0 Å². The molecule has 1 aliphatic rings. The van der Waals surface area contributed by atoms with E-state index >= 15 is 0 Å². The van der Waals surface area contributed by atoms with E-state index in [1.165, 1.54) is 11.3 Å². The second-order valence-electron chi connectivity index (χ2n) is 5.10. The Kier molecular flexibility index (Phi) is 4.67. The summed E-state index contributed by atoms with van der Waals surface area (Å²) in [5, 5.41) is 5.39. The van der Waals surface area contributed by atoms with E-state index in [9.17, 15) is 4.79 Å². The molecule has 2 heterocycles. The first-order chi connectivity index (χ1) is 10.7. The maximum Gasteiger partial charge on any atom is 0.240 e. The first-order valence-corrected chi connectivity index (χ1v) is 8.00. The fourth-order valence-corrected chi connectivity index (χ4v) is 2.97. The van der Waals surface area contributed by atoms with E-state index in [0.717, 1.165) is 30.0 Å². The zero-order chi connectivity index (χ0) is 15.4. The number of amides is 1. The fraction of sp³-hybridized carbons (Fsp3) is 0.333. The third-order valence-electron chi connectivity index (χ3n) is 3.43. The number of aromatic nitrogens is 1. The van der Waals surface area contributed by atoms with Crippen LogP contribution in [0.1, 0.15) is 0 Å². The molecule has 0 aliphatic carbocycles. The molecule has 1 aromatic carbocycles. The lowest BCUT2D eigenvalue weighted by Crippen LogP contribution is -2.41. The van der Waals surface area contributed by atoms with Crippen molar-refractivity contribution in [3.8, 4) is 11.3 Å². The van der Waals surface area contributed by atoms with E-state index < -0.39 is 0 Å². The van der Waals surface area contributed by atoms with Gasteiger partial charge in [0.05, 0.1) is 25.5 Å². The third kappa shape index (κ3) is 3.82. The highest BCUT2D eigenvalue weighted by atomic mass is 32.1. The second-order valence-corrected chi connectivity index (χ2v) is 5.95. The summed E-state index contributed by atoms with van der Waals surface area (Å²) in [5.41, 5.74) is 8.22. The highest BCUT2D eigenvalue weighted by molar-refractivity contribution is 7.14. The minimum atomic E-state index is -0.0416. The van der Waals surface area contributed by atoms with E-state index in [-0.39, 0.29) is 5.91 Å². The molecule has 6 nitrogen and oxygen atoms in total. The molecule has 0 unspecified atom stereocenters. The quantitative estimate of drug-likeness (QED) is 0.838. The number of nitrogens with zero attached hydrogens (tertiary/aromatic N) is 2. The van der Waals surface area contributed by atoms with Gasteiger partial charge in [0, 0.05) is 29.7 Å². The molecule has 0 spiro atoms. The molecular weight excluding hydrogens is 300 g/mol. The van der Waals surface area contributed by atoms with Gasteiger partial charge >= 0.3 is 0 Å². The Morgan fingerprint density at radius 1 is 1.32 bits per heavy atom. The topological polar surface area (TPSA) is 80.5 Å². The van der Waals surface area contributed by atoms with Gasteiger partial charge in [-0.2, -0.15) is 0 Å². The Hall–Kier alpha value is -1.96. The maximum absolute atomic E-state index is 12.0. The van der Waals surface area contributed by atoms with E-state index in [4.69, 9.17) is 10.5 Å². The largest absolute Gasteiger partial charge is 0.399 e. The Bertz CT molecular complexity index is 635. The monoisotopic (exact) mass is 318 g/mol. The van der Waals surface area contributed by atoms with Crippen LogP contribution >= 0.6 is 11.3 Å². The third-order valence-corrected chi connectivity index (χ3v) is 4.19. The van der Waals surface area contributed by atoms with Crippen LogP contribution in [0.3, 0.4) is 0 Å². The highest BCUT2D eigenvalue weighted by Crippen LogP contribution is 2.25. The molecule has 0 radical (unpaired) electrons. The Morgan fingerprint density at radius 2 is 2.05 bits per heavy atom. The molecule has 0 bridgehead atoms. The number of carbonyl (C=O) groups excluding carboxylic acids is 1. The second kappa shape index (κ2) is 6.87. The first-order valence-electron chi connectivity index (χ1n) is 7.12. The highest BCUT2D eigenvalue weighted by Gasteiger charge is 2.15. The number of anilines is 2. The maximum atomic E-state index is 12.0. The molecule has 1 aliphatic heterocycles. The van der Waals surface area contributed by atoms with E-state index in [1.807, 2.05) is 29.6 Å². The van der Waals surface area contributed by atoms with Gasteiger partial charge in [-0.15, -0.1) is 11.3 Å². The number of ether oxygens (including phenoxy) is 1. The van der Waals surface area contributed by atoms with Crippen LogP contribution in [0.4, 0.5) is 10.8 Å². The molecule has 1 amide bonds. The van der Waals surface area contributed by atoms with Gasteiger partial charge in [-0.05, 0) is 12.1 Å². The summed E-state index contributed by atoms with van der Waals surface area (Å²) in [4.78, 5) is 18.6. The molecule has 0 atom stereocenters. The lowest BCUT2D eigenvalue weighted by molar-refractivity contribution is -0.118. The van der Waals surface area contributed by atoms with Gasteiger partial charge in [0.15, 0.2) is 5.13 Å². The fourth-order valence-electron chi connectivity index (χ4n) is 2.24. The summed E-state index contributed by atoms with van der Waals surface area (Å²) < 4.78 is 5.27. The number of thiazole rings is 1. The van der Waals surface area contributed by atoms with E-state index in [0.29, 0.717) is 24.9 Å². The summed E-state index contributed by atoms with van der Waals surface area (Å²) >= 11 is 1.42. The number of nitrogens with two attached hydrogens (primary N) is 1. The smallest absolute Gasteiger partial charge is 0.240 e. The number of nitrogens with one attached hydrogen (secondary N) is 1. The Morgan fingerprint density at radius 3 is 2.77 bits per heavy atom. The summed E-state index contributed by atoms with van der Waals surface area (Å²) in [7, 11) is 0. The minimum absolute atomic E-state index is 0.0416. The number of nitrogen functional groups attached to an aromatic ring is 1.